The van der Waals surface area contributed by atoms with Crippen LogP contribution in [-0.2, 0) is 11.3 Å². The largest absolute Gasteiger partial charge is 0.465 e. The van der Waals surface area contributed by atoms with Crippen molar-refractivity contribution < 1.29 is 9.53 Å². The molecule has 0 unspecified atom stereocenters. The number of hydrogen-bond acceptors (Lipinski definition) is 6. The summed E-state index contributed by atoms with van der Waals surface area (Å²) in [5.74, 6) is 1.30. The standard InChI is InChI=1S/C33H27N5O2/c1-22-29-30(24-17-19-25(20-18-24)32(39)40-2)37-28-16-10-9-15-27(28)36(21-23-11-5-3-6-12-23)33(37)34-31(29)38(35-22)26-13-7-4-8-14-26/h3-20,30H,21H2,1-2H3/t30-/m1/s1. The molecule has 7 heteroatoms. The fourth-order valence-corrected chi connectivity index (χ4v) is 5.70. The molecule has 196 valence electrons. The van der Waals surface area contributed by atoms with Crippen LogP contribution < -0.4 is 9.80 Å². The quantitative estimate of drug-likeness (QED) is 0.243. The average molecular weight is 526 g/mol. The highest BCUT2D eigenvalue weighted by Gasteiger charge is 2.44. The molecule has 0 N–H and O–H groups in total. The van der Waals surface area contributed by atoms with Gasteiger partial charge in [0.05, 0.1) is 48.0 Å². The zero-order chi connectivity index (χ0) is 27.2. The number of carbonyl (C=O) groups is 1. The van der Waals surface area contributed by atoms with Gasteiger partial charge in [0.15, 0.2) is 5.82 Å². The van der Waals surface area contributed by atoms with Gasteiger partial charge in [-0.1, -0.05) is 72.8 Å². The third kappa shape index (κ3) is 3.78. The second-order valence-electron chi connectivity index (χ2n) is 9.93. The van der Waals surface area contributed by atoms with Gasteiger partial charge >= 0.3 is 5.97 Å². The van der Waals surface area contributed by atoms with Crippen molar-refractivity contribution in [3.63, 3.8) is 0 Å². The van der Waals surface area contributed by atoms with Crippen LogP contribution in [0, 0.1) is 6.92 Å². The number of carbonyl (C=O) groups excluding carboxylic acids is 1. The summed E-state index contributed by atoms with van der Waals surface area (Å²) in [6, 6.07) is 36.5. The van der Waals surface area contributed by atoms with Crippen LogP contribution >= 0.6 is 0 Å². The van der Waals surface area contributed by atoms with Crippen molar-refractivity contribution in [2.75, 3.05) is 16.9 Å². The SMILES string of the molecule is COC(=O)c1ccc([C@@H]2c3c(C)nn(-c4ccccc4)c3N=C3N(Cc4ccccc4)c4ccccc4N32)cc1. The molecule has 5 aromatic rings. The summed E-state index contributed by atoms with van der Waals surface area (Å²) in [7, 11) is 1.40. The molecule has 0 fully saturated rings. The number of guanidine groups is 1. The van der Waals surface area contributed by atoms with Crippen LogP contribution in [0.1, 0.15) is 38.8 Å². The van der Waals surface area contributed by atoms with E-state index in [1.54, 1.807) is 0 Å². The van der Waals surface area contributed by atoms with Crippen LogP contribution in [0.25, 0.3) is 5.69 Å². The third-order valence-corrected chi connectivity index (χ3v) is 7.54. The number of ether oxygens (including phenoxy) is 1. The summed E-state index contributed by atoms with van der Waals surface area (Å²) in [6.45, 7) is 2.72. The Hall–Kier alpha value is -5.17. The lowest BCUT2D eigenvalue weighted by Crippen LogP contribution is -2.42. The van der Waals surface area contributed by atoms with E-state index in [4.69, 9.17) is 14.8 Å². The van der Waals surface area contributed by atoms with Crippen LogP contribution in [0.5, 0.6) is 0 Å². The summed E-state index contributed by atoms with van der Waals surface area (Å²) in [4.78, 5) is 22.1. The Balaban J connectivity index is 1.46. The zero-order valence-electron chi connectivity index (χ0n) is 22.2. The molecule has 4 aromatic carbocycles. The monoisotopic (exact) mass is 525 g/mol. The molecule has 0 saturated heterocycles. The second-order valence-corrected chi connectivity index (χ2v) is 9.93. The van der Waals surface area contributed by atoms with Gasteiger partial charge in [0.2, 0.25) is 5.96 Å². The highest BCUT2D eigenvalue weighted by molar-refractivity contribution is 6.18. The van der Waals surface area contributed by atoms with Crippen molar-refractivity contribution >= 4 is 29.1 Å². The Morgan fingerprint density at radius 2 is 1.48 bits per heavy atom. The van der Waals surface area contributed by atoms with E-state index < -0.39 is 0 Å². The van der Waals surface area contributed by atoms with Crippen LogP contribution in [0.2, 0.25) is 0 Å². The maximum atomic E-state index is 12.2. The van der Waals surface area contributed by atoms with Gasteiger partial charge in [-0.05, 0) is 54.4 Å². The molecule has 2 aliphatic rings. The van der Waals surface area contributed by atoms with E-state index in [1.807, 2.05) is 72.3 Å². The zero-order valence-corrected chi connectivity index (χ0v) is 22.2. The molecule has 7 rings (SSSR count). The topological polar surface area (TPSA) is 63.0 Å². The van der Waals surface area contributed by atoms with E-state index in [-0.39, 0.29) is 12.0 Å². The molecule has 0 spiro atoms. The van der Waals surface area contributed by atoms with Crippen LogP contribution in [-0.4, -0.2) is 28.8 Å². The van der Waals surface area contributed by atoms with E-state index >= 15 is 0 Å². The van der Waals surface area contributed by atoms with Crippen molar-refractivity contribution in [3.8, 4) is 5.69 Å². The highest BCUT2D eigenvalue weighted by atomic mass is 16.5. The Morgan fingerprint density at radius 1 is 0.825 bits per heavy atom. The van der Waals surface area contributed by atoms with Gasteiger partial charge in [0.25, 0.3) is 0 Å². The number of benzene rings is 4. The maximum absolute atomic E-state index is 12.2. The summed E-state index contributed by atoms with van der Waals surface area (Å²) in [5, 5.41) is 4.98. The number of esters is 1. The molecule has 40 heavy (non-hydrogen) atoms. The van der Waals surface area contributed by atoms with E-state index in [0.29, 0.717) is 12.1 Å². The van der Waals surface area contributed by atoms with Gasteiger partial charge in [-0.25, -0.2) is 9.48 Å². The predicted molar refractivity (Wildman–Crippen MR) is 157 cm³/mol. The molecular formula is C33H27N5O2. The van der Waals surface area contributed by atoms with Crippen LogP contribution in [0.4, 0.5) is 17.2 Å². The molecule has 0 radical (unpaired) electrons. The number of aryl methyl sites for hydroxylation is 1. The molecule has 1 aromatic heterocycles. The number of aromatic nitrogens is 2. The number of nitrogens with zero attached hydrogens (tertiary/aromatic N) is 5. The predicted octanol–water partition coefficient (Wildman–Crippen LogP) is 6.58. The maximum Gasteiger partial charge on any atom is 0.337 e. The molecule has 0 aliphatic carbocycles. The van der Waals surface area contributed by atoms with Gasteiger partial charge in [-0.15, -0.1) is 0 Å². The van der Waals surface area contributed by atoms with E-state index in [2.05, 4.69) is 58.3 Å². The average Bonchev–Trinajstić information content (AvgIpc) is 3.51. The van der Waals surface area contributed by atoms with E-state index in [0.717, 1.165) is 45.7 Å². The van der Waals surface area contributed by atoms with Crippen LogP contribution in [0.3, 0.4) is 0 Å². The number of hydrogen-bond donors (Lipinski definition) is 0. The highest BCUT2D eigenvalue weighted by Crippen LogP contribution is 2.50. The Labute approximate surface area is 232 Å². The smallest absolute Gasteiger partial charge is 0.337 e. The van der Waals surface area contributed by atoms with Gasteiger partial charge in [0.1, 0.15) is 0 Å². The lowest BCUT2D eigenvalue weighted by Gasteiger charge is -2.35. The lowest BCUT2D eigenvalue weighted by atomic mass is 9.94. The van der Waals surface area contributed by atoms with Crippen LogP contribution in [0.15, 0.2) is 114 Å². The van der Waals surface area contributed by atoms with Crippen molar-refractivity contribution in [1.82, 2.24) is 9.78 Å². The fraction of sp³-hybridized carbons (Fsp3) is 0.121. The summed E-state index contributed by atoms with van der Waals surface area (Å²) in [6.07, 6.45) is 0. The fourth-order valence-electron chi connectivity index (χ4n) is 5.70. The summed E-state index contributed by atoms with van der Waals surface area (Å²) in [5.41, 5.74) is 7.82. The first-order chi connectivity index (χ1) is 19.6. The molecule has 1 atom stereocenters. The first-order valence-electron chi connectivity index (χ1n) is 13.3. The molecule has 3 heterocycles. The molecule has 7 nitrogen and oxygen atoms in total. The van der Waals surface area contributed by atoms with Crippen molar-refractivity contribution in [3.05, 3.63) is 137 Å². The number of para-hydroxylation sites is 3. The van der Waals surface area contributed by atoms with Gasteiger partial charge in [-0.3, -0.25) is 4.90 Å². The summed E-state index contributed by atoms with van der Waals surface area (Å²) >= 11 is 0. The van der Waals surface area contributed by atoms with Crippen molar-refractivity contribution in [2.45, 2.75) is 19.5 Å². The summed E-state index contributed by atoms with van der Waals surface area (Å²) < 4.78 is 6.89. The first kappa shape index (κ1) is 23.9. The minimum atomic E-state index is -0.355. The number of aliphatic imine (C=N–C) groups is 1. The first-order valence-corrected chi connectivity index (χ1v) is 13.3. The third-order valence-electron chi connectivity index (χ3n) is 7.54. The number of rotatable bonds is 5. The molecule has 0 bridgehead atoms. The van der Waals surface area contributed by atoms with E-state index in [9.17, 15) is 4.79 Å². The minimum Gasteiger partial charge on any atom is -0.465 e. The molecule has 0 amide bonds. The molecule has 2 aliphatic heterocycles. The normalized spacial score (nSPS) is 15.2. The van der Waals surface area contributed by atoms with Gasteiger partial charge in [0, 0.05) is 5.56 Å². The number of methoxy groups -OCH3 is 1. The van der Waals surface area contributed by atoms with Gasteiger partial charge < -0.3 is 9.64 Å². The molecular weight excluding hydrogens is 498 g/mol. The van der Waals surface area contributed by atoms with Crippen molar-refractivity contribution in [2.24, 2.45) is 4.99 Å². The minimum absolute atomic E-state index is 0.200. The van der Waals surface area contributed by atoms with E-state index in [1.165, 1.54) is 12.7 Å². The Bertz CT molecular complexity index is 1740. The lowest BCUT2D eigenvalue weighted by molar-refractivity contribution is 0.0600. The second kappa shape index (κ2) is 9.54. The number of anilines is 2. The Morgan fingerprint density at radius 3 is 2.17 bits per heavy atom. The Kier molecular flexibility index (Phi) is 5.70. The van der Waals surface area contributed by atoms with Crippen molar-refractivity contribution in [1.29, 1.82) is 0 Å². The molecule has 0 saturated carbocycles. The number of fused-ring (bicyclic) bond motifs is 4. The van der Waals surface area contributed by atoms with Gasteiger partial charge in [-0.2, -0.15) is 10.1 Å².